The molecule has 13 heteroatoms. The third-order valence-corrected chi connectivity index (χ3v) is 6.08. The molecule has 3 amide bonds. The lowest BCUT2D eigenvalue weighted by Gasteiger charge is -2.31. The zero-order chi connectivity index (χ0) is 25.1. The SMILES string of the molecule is CCC(C)C(NC(=O)C(CS)NC(=O)C(N)CCCN=C(N)N)C(=O)N1CCCC1C(=O)O. The number of aliphatic imine (C=N–C) groups is 1. The molecule has 0 aromatic heterocycles. The lowest BCUT2D eigenvalue weighted by atomic mass is 9.97. The van der Waals surface area contributed by atoms with Gasteiger partial charge in [0.2, 0.25) is 17.7 Å². The van der Waals surface area contributed by atoms with Gasteiger partial charge in [-0.1, -0.05) is 20.3 Å². The molecular weight excluding hydrogens is 450 g/mol. The molecule has 0 saturated carbocycles. The number of carbonyl (C=O) groups excluding carboxylic acids is 3. The van der Waals surface area contributed by atoms with E-state index in [2.05, 4.69) is 28.3 Å². The van der Waals surface area contributed by atoms with E-state index in [1.807, 2.05) is 6.92 Å². The number of carboxylic acid groups (broad SMARTS) is 1. The van der Waals surface area contributed by atoms with Crippen LogP contribution in [0.4, 0.5) is 0 Å². The first kappa shape index (κ1) is 28.5. The Morgan fingerprint density at radius 1 is 1.21 bits per heavy atom. The minimum atomic E-state index is -1.07. The van der Waals surface area contributed by atoms with Crippen LogP contribution in [0.15, 0.2) is 4.99 Å². The molecule has 9 N–H and O–H groups in total. The van der Waals surface area contributed by atoms with Gasteiger partial charge in [-0.15, -0.1) is 0 Å². The second kappa shape index (κ2) is 13.9. The average Bonchev–Trinajstić information content (AvgIpc) is 3.27. The molecule has 5 unspecified atom stereocenters. The first-order valence-corrected chi connectivity index (χ1v) is 11.7. The van der Waals surface area contributed by atoms with E-state index in [4.69, 9.17) is 17.2 Å². The maximum atomic E-state index is 13.1. The van der Waals surface area contributed by atoms with Crippen LogP contribution in [0.1, 0.15) is 46.0 Å². The Hall–Kier alpha value is -2.54. The summed E-state index contributed by atoms with van der Waals surface area (Å²) in [6.07, 6.45) is 2.33. The van der Waals surface area contributed by atoms with Gasteiger partial charge in [0, 0.05) is 18.8 Å². The van der Waals surface area contributed by atoms with Gasteiger partial charge in [0.15, 0.2) is 5.96 Å². The number of carbonyl (C=O) groups is 4. The van der Waals surface area contributed by atoms with Crippen LogP contribution in [0.5, 0.6) is 0 Å². The third kappa shape index (κ3) is 8.72. The van der Waals surface area contributed by atoms with Crippen molar-refractivity contribution in [1.29, 1.82) is 0 Å². The van der Waals surface area contributed by atoms with E-state index >= 15 is 0 Å². The van der Waals surface area contributed by atoms with Gasteiger partial charge in [0.1, 0.15) is 18.1 Å². The largest absolute Gasteiger partial charge is 0.480 e. The van der Waals surface area contributed by atoms with Gasteiger partial charge >= 0.3 is 5.97 Å². The van der Waals surface area contributed by atoms with E-state index in [0.29, 0.717) is 45.2 Å². The fourth-order valence-corrected chi connectivity index (χ4v) is 3.78. The Morgan fingerprint density at radius 3 is 2.42 bits per heavy atom. The van der Waals surface area contributed by atoms with Crippen LogP contribution in [0.3, 0.4) is 0 Å². The summed E-state index contributed by atoms with van der Waals surface area (Å²) in [4.78, 5) is 55.0. The second-order valence-electron chi connectivity index (χ2n) is 8.20. The second-order valence-corrected chi connectivity index (χ2v) is 8.56. The number of nitrogens with one attached hydrogen (secondary N) is 2. The molecule has 0 aromatic carbocycles. The molecule has 12 nitrogen and oxygen atoms in total. The Bertz CT molecular complexity index is 732. The van der Waals surface area contributed by atoms with Crippen molar-refractivity contribution >= 4 is 42.3 Å². The van der Waals surface area contributed by atoms with E-state index in [9.17, 15) is 24.3 Å². The summed E-state index contributed by atoms with van der Waals surface area (Å²) in [7, 11) is 0. The highest BCUT2D eigenvalue weighted by Gasteiger charge is 2.39. The van der Waals surface area contributed by atoms with Gasteiger partial charge in [-0.25, -0.2) is 4.79 Å². The number of hydrogen-bond acceptors (Lipinski definition) is 7. The normalized spacial score (nSPS) is 19.2. The summed E-state index contributed by atoms with van der Waals surface area (Å²) >= 11 is 4.15. The van der Waals surface area contributed by atoms with Crippen molar-refractivity contribution in [2.75, 3.05) is 18.8 Å². The summed E-state index contributed by atoms with van der Waals surface area (Å²) in [6.45, 7) is 4.32. The van der Waals surface area contributed by atoms with Gasteiger partial charge in [-0.3, -0.25) is 19.4 Å². The highest BCUT2D eigenvalue weighted by molar-refractivity contribution is 7.80. The Morgan fingerprint density at radius 2 is 1.88 bits per heavy atom. The van der Waals surface area contributed by atoms with E-state index in [1.165, 1.54) is 4.90 Å². The first-order chi connectivity index (χ1) is 15.5. The maximum Gasteiger partial charge on any atom is 0.326 e. The predicted molar refractivity (Wildman–Crippen MR) is 127 cm³/mol. The number of carboxylic acids is 1. The monoisotopic (exact) mass is 487 g/mol. The van der Waals surface area contributed by atoms with E-state index in [1.54, 1.807) is 6.92 Å². The van der Waals surface area contributed by atoms with Crippen LogP contribution < -0.4 is 27.8 Å². The zero-order valence-electron chi connectivity index (χ0n) is 19.2. The van der Waals surface area contributed by atoms with Crippen molar-refractivity contribution in [1.82, 2.24) is 15.5 Å². The number of guanidine groups is 1. The topological polar surface area (TPSA) is 206 Å². The molecule has 0 spiro atoms. The Balaban J connectivity index is 2.79. The number of amides is 3. The minimum Gasteiger partial charge on any atom is -0.480 e. The van der Waals surface area contributed by atoms with E-state index < -0.39 is 47.9 Å². The van der Waals surface area contributed by atoms with Crippen molar-refractivity contribution in [2.45, 2.75) is 70.1 Å². The zero-order valence-corrected chi connectivity index (χ0v) is 20.1. The van der Waals surface area contributed by atoms with Gasteiger partial charge in [0.25, 0.3) is 0 Å². The molecule has 1 aliphatic rings. The highest BCUT2D eigenvalue weighted by Crippen LogP contribution is 2.21. The summed E-state index contributed by atoms with van der Waals surface area (Å²) < 4.78 is 0. The van der Waals surface area contributed by atoms with Gasteiger partial charge in [0.05, 0.1) is 6.04 Å². The smallest absolute Gasteiger partial charge is 0.326 e. The molecule has 33 heavy (non-hydrogen) atoms. The molecule has 1 aliphatic heterocycles. The summed E-state index contributed by atoms with van der Waals surface area (Å²) in [5, 5.41) is 14.7. The first-order valence-electron chi connectivity index (χ1n) is 11.1. The number of hydrogen-bond donors (Lipinski definition) is 7. The van der Waals surface area contributed by atoms with Crippen LogP contribution in [0, 0.1) is 5.92 Å². The van der Waals surface area contributed by atoms with Crippen molar-refractivity contribution in [3.8, 4) is 0 Å². The van der Waals surface area contributed by atoms with Crippen molar-refractivity contribution in [3.05, 3.63) is 0 Å². The Kier molecular flexibility index (Phi) is 12.0. The highest BCUT2D eigenvalue weighted by atomic mass is 32.1. The van der Waals surface area contributed by atoms with Gasteiger partial charge in [-0.2, -0.15) is 12.6 Å². The number of aliphatic carboxylic acids is 1. The molecule has 1 rings (SSSR count). The molecule has 1 heterocycles. The van der Waals surface area contributed by atoms with Crippen LogP contribution in [0.2, 0.25) is 0 Å². The molecule has 0 aromatic rings. The third-order valence-electron chi connectivity index (χ3n) is 5.72. The van der Waals surface area contributed by atoms with Crippen LogP contribution in [-0.2, 0) is 19.2 Å². The van der Waals surface area contributed by atoms with Gasteiger partial charge in [-0.05, 0) is 31.6 Å². The molecule has 0 aliphatic carbocycles. The number of thiol groups is 1. The standard InChI is InChI=1S/C20H37N7O5S/c1-3-11(2)15(18(30)27-9-5-7-14(27)19(31)32)26-17(29)13(10-33)25-16(28)12(21)6-4-8-24-20(22)23/h11-15,33H,3-10,21H2,1-2H3,(H,25,28)(H,26,29)(H,31,32)(H4,22,23,24). The molecule has 1 fully saturated rings. The van der Waals surface area contributed by atoms with E-state index in [-0.39, 0.29) is 17.6 Å². The molecule has 1 saturated heterocycles. The maximum absolute atomic E-state index is 13.1. The summed E-state index contributed by atoms with van der Waals surface area (Å²) in [5.41, 5.74) is 16.4. The number of likely N-dealkylation sites (tertiary alicyclic amines) is 1. The molecule has 188 valence electrons. The summed E-state index contributed by atoms with van der Waals surface area (Å²) in [6, 6.07) is -3.71. The number of nitrogens with two attached hydrogens (primary N) is 3. The van der Waals surface area contributed by atoms with Crippen LogP contribution in [0.25, 0.3) is 0 Å². The van der Waals surface area contributed by atoms with Gasteiger partial charge < -0.3 is 37.8 Å². The average molecular weight is 488 g/mol. The summed E-state index contributed by atoms with van der Waals surface area (Å²) in [5.74, 6) is -2.94. The predicted octanol–water partition coefficient (Wildman–Crippen LogP) is -1.61. The molecule has 5 atom stereocenters. The van der Waals surface area contributed by atoms with Crippen molar-refractivity contribution < 1.29 is 24.3 Å². The van der Waals surface area contributed by atoms with Crippen LogP contribution in [-0.4, -0.2) is 82.7 Å². The minimum absolute atomic E-state index is 0.0127. The quantitative estimate of drug-likeness (QED) is 0.0694. The lowest BCUT2D eigenvalue weighted by Crippen LogP contribution is -2.59. The molecule has 0 bridgehead atoms. The fourth-order valence-electron chi connectivity index (χ4n) is 3.53. The number of rotatable bonds is 13. The molecular formula is C20H37N7O5S. The van der Waals surface area contributed by atoms with Crippen LogP contribution >= 0.6 is 12.6 Å². The molecule has 0 radical (unpaired) electrons. The van der Waals surface area contributed by atoms with Crippen molar-refractivity contribution in [3.63, 3.8) is 0 Å². The fraction of sp³-hybridized carbons (Fsp3) is 0.750. The lowest BCUT2D eigenvalue weighted by molar-refractivity contribution is -0.150. The number of nitrogens with zero attached hydrogens (tertiary/aromatic N) is 2. The van der Waals surface area contributed by atoms with E-state index in [0.717, 1.165) is 0 Å². The van der Waals surface area contributed by atoms with Crippen molar-refractivity contribution in [2.24, 2.45) is 28.1 Å². The Labute approximate surface area is 199 Å².